The molecule has 1 saturated carbocycles. The van der Waals surface area contributed by atoms with Crippen molar-refractivity contribution >= 4 is 5.97 Å². The molecule has 1 atom stereocenters. The molecule has 1 N–H and O–H groups in total. The third-order valence-corrected chi connectivity index (χ3v) is 4.31. The normalized spacial score (nSPS) is 27.1. The molecule has 0 aromatic carbocycles. The van der Waals surface area contributed by atoms with E-state index < -0.39 is 5.97 Å². The van der Waals surface area contributed by atoms with Crippen molar-refractivity contribution in [2.75, 3.05) is 7.05 Å². The lowest BCUT2D eigenvalue weighted by atomic mass is 9.83. The van der Waals surface area contributed by atoms with Gasteiger partial charge in [0.05, 0.1) is 0 Å². The molecule has 0 spiro atoms. The summed E-state index contributed by atoms with van der Waals surface area (Å²) in [6, 6.07) is 0.189. The van der Waals surface area contributed by atoms with E-state index >= 15 is 0 Å². The van der Waals surface area contributed by atoms with Gasteiger partial charge < -0.3 is 5.11 Å². The Bertz CT molecular complexity index is 234. The van der Waals surface area contributed by atoms with Crippen LogP contribution in [-0.4, -0.2) is 35.1 Å². The highest BCUT2D eigenvalue weighted by atomic mass is 16.4. The van der Waals surface area contributed by atoms with Gasteiger partial charge >= 0.3 is 5.97 Å². The molecule has 0 aliphatic heterocycles. The molecule has 1 unspecified atom stereocenters. The Morgan fingerprint density at radius 2 is 1.88 bits per heavy atom. The first-order chi connectivity index (χ1) is 8.10. The summed E-state index contributed by atoms with van der Waals surface area (Å²) in [5, 5.41) is 9.26. The van der Waals surface area contributed by atoms with E-state index in [-0.39, 0.29) is 6.04 Å². The summed E-state index contributed by atoms with van der Waals surface area (Å²) in [7, 11) is 1.99. The molecule has 1 fully saturated rings. The van der Waals surface area contributed by atoms with Crippen molar-refractivity contribution in [2.45, 2.75) is 70.9 Å². The molecule has 100 valence electrons. The molecule has 1 rings (SSSR count). The number of nitrogens with zero attached hydrogens (tertiary/aromatic N) is 1. The van der Waals surface area contributed by atoms with Crippen LogP contribution in [-0.2, 0) is 4.79 Å². The van der Waals surface area contributed by atoms with Gasteiger partial charge in [-0.1, -0.05) is 26.7 Å². The SMILES string of the molecule is CCCC(C(=O)O)N(C)C1CCC(CC)CC1. The van der Waals surface area contributed by atoms with Gasteiger partial charge in [-0.2, -0.15) is 0 Å². The molecule has 0 heterocycles. The van der Waals surface area contributed by atoms with E-state index in [4.69, 9.17) is 0 Å². The number of carboxylic acid groups (broad SMARTS) is 1. The molecule has 0 aromatic rings. The summed E-state index contributed by atoms with van der Waals surface area (Å²) < 4.78 is 0. The largest absolute Gasteiger partial charge is 0.480 e. The van der Waals surface area contributed by atoms with E-state index in [1.54, 1.807) is 0 Å². The number of likely N-dealkylation sites (N-methyl/N-ethyl adjacent to an activating group) is 1. The molecule has 0 radical (unpaired) electrons. The zero-order chi connectivity index (χ0) is 12.8. The zero-order valence-electron chi connectivity index (χ0n) is 11.5. The zero-order valence-corrected chi connectivity index (χ0v) is 11.5. The van der Waals surface area contributed by atoms with Gasteiger partial charge in [-0.3, -0.25) is 9.69 Å². The maximum atomic E-state index is 11.3. The van der Waals surface area contributed by atoms with Gasteiger partial charge in [0.1, 0.15) is 6.04 Å². The molecular weight excluding hydrogens is 214 g/mol. The highest BCUT2D eigenvalue weighted by Gasteiger charge is 2.30. The Morgan fingerprint density at radius 3 is 2.29 bits per heavy atom. The highest BCUT2D eigenvalue weighted by molar-refractivity contribution is 5.73. The van der Waals surface area contributed by atoms with Crippen LogP contribution >= 0.6 is 0 Å². The van der Waals surface area contributed by atoms with Crippen LogP contribution in [0.15, 0.2) is 0 Å². The lowest BCUT2D eigenvalue weighted by molar-refractivity contribution is -0.144. The number of carbonyl (C=O) groups is 1. The van der Waals surface area contributed by atoms with E-state index in [9.17, 15) is 9.90 Å². The van der Waals surface area contributed by atoms with Crippen molar-refractivity contribution in [3.05, 3.63) is 0 Å². The number of hydrogen-bond acceptors (Lipinski definition) is 2. The first-order valence-electron chi connectivity index (χ1n) is 7.04. The third-order valence-electron chi connectivity index (χ3n) is 4.31. The summed E-state index contributed by atoms with van der Waals surface area (Å²) in [5.74, 6) is 0.209. The minimum atomic E-state index is -0.660. The highest BCUT2D eigenvalue weighted by Crippen LogP contribution is 2.30. The van der Waals surface area contributed by atoms with Crippen molar-refractivity contribution in [3.8, 4) is 0 Å². The average Bonchev–Trinajstić information content (AvgIpc) is 2.35. The van der Waals surface area contributed by atoms with Crippen molar-refractivity contribution in [1.82, 2.24) is 4.90 Å². The standard InChI is InChI=1S/C14H27NO2/c1-4-6-13(14(16)17)15(3)12-9-7-11(5-2)8-10-12/h11-13H,4-10H2,1-3H3,(H,16,17). The van der Waals surface area contributed by atoms with Crippen LogP contribution in [0, 0.1) is 5.92 Å². The van der Waals surface area contributed by atoms with Gasteiger partial charge in [0.15, 0.2) is 0 Å². The monoisotopic (exact) mass is 241 g/mol. The van der Waals surface area contributed by atoms with Gasteiger partial charge in [0.25, 0.3) is 0 Å². The molecule has 1 aliphatic rings. The second-order valence-corrected chi connectivity index (χ2v) is 5.39. The predicted molar refractivity (Wildman–Crippen MR) is 70.1 cm³/mol. The van der Waals surface area contributed by atoms with Crippen LogP contribution in [0.3, 0.4) is 0 Å². The lowest BCUT2D eigenvalue weighted by Crippen LogP contribution is -2.46. The maximum absolute atomic E-state index is 11.3. The smallest absolute Gasteiger partial charge is 0.320 e. The van der Waals surface area contributed by atoms with E-state index in [2.05, 4.69) is 18.7 Å². The fourth-order valence-electron chi connectivity index (χ4n) is 2.99. The molecular formula is C14H27NO2. The average molecular weight is 241 g/mol. The van der Waals surface area contributed by atoms with E-state index in [1.165, 1.54) is 32.1 Å². The van der Waals surface area contributed by atoms with Gasteiger partial charge in [-0.25, -0.2) is 0 Å². The van der Waals surface area contributed by atoms with E-state index in [1.807, 2.05) is 7.05 Å². The number of aliphatic carboxylic acids is 1. The summed E-state index contributed by atoms with van der Waals surface area (Å²) >= 11 is 0. The minimum Gasteiger partial charge on any atom is -0.480 e. The van der Waals surface area contributed by atoms with Crippen molar-refractivity contribution in [1.29, 1.82) is 0 Å². The topological polar surface area (TPSA) is 40.5 Å². The Morgan fingerprint density at radius 1 is 1.29 bits per heavy atom. The Kier molecular flexibility index (Phi) is 5.96. The lowest BCUT2D eigenvalue weighted by Gasteiger charge is -2.37. The molecule has 1 aliphatic carbocycles. The first kappa shape index (κ1) is 14.5. The summed E-state index contributed by atoms with van der Waals surface area (Å²) in [4.78, 5) is 13.4. The van der Waals surface area contributed by atoms with Crippen molar-refractivity contribution < 1.29 is 9.90 Å². The number of hydrogen-bond donors (Lipinski definition) is 1. The fraction of sp³-hybridized carbons (Fsp3) is 0.929. The van der Waals surface area contributed by atoms with Crippen LogP contribution < -0.4 is 0 Å². The summed E-state index contributed by atoms with van der Waals surface area (Å²) in [5.41, 5.74) is 0. The van der Waals surface area contributed by atoms with Gasteiger partial charge in [0, 0.05) is 6.04 Å². The summed E-state index contributed by atoms with van der Waals surface area (Å²) in [6.07, 6.45) is 7.85. The van der Waals surface area contributed by atoms with Gasteiger partial charge in [-0.15, -0.1) is 0 Å². The second kappa shape index (κ2) is 7.00. The maximum Gasteiger partial charge on any atom is 0.320 e. The molecule has 0 bridgehead atoms. The fourth-order valence-corrected chi connectivity index (χ4v) is 2.99. The van der Waals surface area contributed by atoms with Gasteiger partial charge in [0.2, 0.25) is 0 Å². The molecule has 0 saturated heterocycles. The minimum absolute atomic E-state index is 0.289. The quantitative estimate of drug-likeness (QED) is 0.776. The second-order valence-electron chi connectivity index (χ2n) is 5.39. The molecule has 0 amide bonds. The molecule has 0 aromatic heterocycles. The Balaban J connectivity index is 2.50. The van der Waals surface area contributed by atoms with Crippen molar-refractivity contribution in [2.24, 2.45) is 5.92 Å². The number of carboxylic acids is 1. The number of rotatable bonds is 6. The van der Waals surface area contributed by atoms with Crippen LogP contribution in [0.25, 0.3) is 0 Å². The van der Waals surface area contributed by atoms with Crippen LogP contribution in [0.1, 0.15) is 58.8 Å². The van der Waals surface area contributed by atoms with E-state index in [0.29, 0.717) is 6.04 Å². The van der Waals surface area contributed by atoms with Gasteiger partial charge in [-0.05, 0) is 45.1 Å². The molecule has 3 nitrogen and oxygen atoms in total. The van der Waals surface area contributed by atoms with Crippen molar-refractivity contribution in [3.63, 3.8) is 0 Å². The summed E-state index contributed by atoms with van der Waals surface area (Å²) in [6.45, 7) is 4.31. The van der Waals surface area contributed by atoms with Crippen LogP contribution in [0.2, 0.25) is 0 Å². The van der Waals surface area contributed by atoms with Crippen LogP contribution in [0.4, 0.5) is 0 Å². The molecule has 17 heavy (non-hydrogen) atoms. The van der Waals surface area contributed by atoms with Crippen LogP contribution in [0.5, 0.6) is 0 Å². The predicted octanol–water partition coefficient (Wildman–Crippen LogP) is 3.14. The Labute approximate surface area is 105 Å². The third kappa shape index (κ3) is 3.98. The first-order valence-corrected chi connectivity index (χ1v) is 7.04. The molecule has 3 heteroatoms. The van der Waals surface area contributed by atoms with E-state index in [0.717, 1.165) is 18.8 Å². The Hall–Kier alpha value is -0.570.